The van der Waals surface area contributed by atoms with E-state index in [9.17, 15) is 17.2 Å². The predicted octanol–water partition coefficient (Wildman–Crippen LogP) is 3.86. The van der Waals surface area contributed by atoms with Crippen LogP contribution in [-0.4, -0.2) is 21.3 Å². The van der Waals surface area contributed by atoms with E-state index in [1.54, 1.807) is 0 Å². The van der Waals surface area contributed by atoms with Crippen molar-refractivity contribution in [1.29, 1.82) is 0 Å². The lowest BCUT2D eigenvalue weighted by Crippen LogP contribution is -2.13. The average Bonchev–Trinajstić information content (AvgIpc) is 2.54. The van der Waals surface area contributed by atoms with Crippen LogP contribution in [-0.2, 0) is 9.84 Å². The van der Waals surface area contributed by atoms with E-state index in [0.29, 0.717) is 0 Å². The van der Waals surface area contributed by atoms with Crippen molar-refractivity contribution in [3.63, 3.8) is 0 Å². The van der Waals surface area contributed by atoms with Crippen molar-refractivity contribution in [3.8, 4) is 5.75 Å². The number of hydrogen-bond acceptors (Lipinski definition) is 4. The van der Waals surface area contributed by atoms with Gasteiger partial charge in [0.05, 0.1) is 7.11 Å². The summed E-state index contributed by atoms with van der Waals surface area (Å²) < 4.78 is 53.7. The van der Waals surface area contributed by atoms with Crippen LogP contribution in [0.15, 0.2) is 53.4 Å². The number of para-hydroxylation sites is 1. The summed E-state index contributed by atoms with van der Waals surface area (Å²) in [6.07, 6.45) is 0. The van der Waals surface area contributed by atoms with Gasteiger partial charge in [0.25, 0.3) is 0 Å². The fourth-order valence-corrected chi connectivity index (χ4v) is 3.02. The maximum atomic E-state index is 12.7. The summed E-state index contributed by atoms with van der Waals surface area (Å²) in [5, 5.41) is 3.24. The summed E-state index contributed by atoms with van der Waals surface area (Å²) in [6.45, 7) is 1.88. The smallest absolute Gasteiger partial charge is 0.341 e. The summed E-state index contributed by atoms with van der Waals surface area (Å²) in [4.78, 5) is -0.509. The molecule has 7 heteroatoms. The molecule has 0 fully saturated rings. The number of halogens is 2. The van der Waals surface area contributed by atoms with Crippen molar-refractivity contribution in [1.82, 2.24) is 0 Å². The van der Waals surface area contributed by atoms with Gasteiger partial charge in [0.15, 0.2) is 0 Å². The van der Waals surface area contributed by atoms with Gasteiger partial charge >= 0.3 is 5.76 Å². The van der Waals surface area contributed by atoms with Gasteiger partial charge in [-0.3, -0.25) is 0 Å². The highest BCUT2D eigenvalue weighted by atomic mass is 32.2. The average molecular weight is 341 g/mol. The predicted molar refractivity (Wildman–Crippen MR) is 84.7 cm³/mol. The Kier molecular flexibility index (Phi) is 5.20. The van der Waals surface area contributed by atoms with Crippen molar-refractivity contribution in [2.75, 3.05) is 12.4 Å². The Labute approximate surface area is 134 Å². The zero-order chi connectivity index (χ0) is 17.0. The van der Waals surface area contributed by atoms with Crippen LogP contribution in [0.25, 0.3) is 0 Å². The van der Waals surface area contributed by atoms with E-state index in [4.69, 9.17) is 4.74 Å². The van der Waals surface area contributed by atoms with E-state index in [-0.39, 0.29) is 11.8 Å². The van der Waals surface area contributed by atoms with E-state index >= 15 is 0 Å². The maximum absolute atomic E-state index is 12.7. The lowest BCUT2D eigenvalue weighted by molar-refractivity contribution is 0.234. The largest absolute Gasteiger partial charge is 0.495 e. The first-order chi connectivity index (χ1) is 10.9. The number of ether oxygens (including phenoxy) is 1. The first-order valence-corrected chi connectivity index (χ1v) is 8.42. The van der Waals surface area contributed by atoms with Crippen molar-refractivity contribution < 1.29 is 21.9 Å². The topological polar surface area (TPSA) is 55.4 Å². The van der Waals surface area contributed by atoms with Gasteiger partial charge in [-0.25, -0.2) is 8.42 Å². The van der Waals surface area contributed by atoms with E-state index in [2.05, 4.69) is 5.32 Å². The van der Waals surface area contributed by atoms with Crippen LogP contribution >= 0.6 is 0 Å². The molecule has 0 aliphatic carbocycles. The number of rotatable bonds is 6. The van der Waals surface area contributed by atoms with Crippen LogP contribution in [0.2, 0.25) is 0 Å². The molecule has 0 aromatic heterocycles. The molecule has 0 heterocycles. The van der Waals surface area contributed by atoms with Crippen molar-refractivity contribution in [2.24, 2.45) is 0 Å². The molecule has 23 heavy (non-hydrogen) atoms. The van der Waals surface area contributed by atoms with Gasteiger partial charge in [-0.1, -0.05) is 24.3 Å². The number of methoxy groups -OCH3 is 1. The molecule has 1 N–H and O–H groups in total. The molecule has 0 spiro atoms. The lowest BCUT2D eigenvalue weighted by atomic mass is 10.1. The lowest BCUT2D eigenvalue weighted by Gasteiger charge is -2.18. The SMILES string of the molecule is COc1cc(C(C)Nc2ccccc2)ccc1S(=O)(=O)C(F)F. The molecular weight excluding hydrogens is 324 g/mol. The Morgan fingerprint density at radius 3 is 2.30 bits per heavy atom. The first-order valence-electron chi connectivity index (χ1n) is 6.88. The summed E-state index contributed by atoms with van der Waals surface area (Å²) >= 11 is 0. The zero-order valence-electron chi connectivity index (χ0n) is 12.7. The van der Waals surface area contributed by atoms with Gasteiger partial charge < -0.3 is 10.1 Å². The molecule has 124 valence electrons. The van der Waals surface area contributed by atoms with E-state index < -0.39 is 20.5 Å². The minimum Gasteiger partial charge on any atom is -0.495 e. The quantitative estimate of drug-likeness (QED) is 0.867. The normalized spacial score (nSPS) is 12.9. The molecule has 1 unspecified atom stereocenters. The minimum absolute atomic E-state index is 0.0930. The third kappa shape index (κ3) is 3.79. The van der Waals surface area contributed by atoms with Crippen LogP contribution in [0.5, 0.6) is 5.75 Å². The Morgan fingerprint density at radius 2 is 1.74 bits per heavy atom. The number of nitrogens with one attached hydrogen (secondary N) is 1. The zero-order valence-corrected chi connectivity index (χ0v) is 13.5. The van der Waals surface area contributed by atoms with E-state index in [1.165, 1.54) is 19.2 Å². The third-order valence-corrected chi connectivity index (χ3v) is 4.81. The molecule has 0 bridgehead atoms. The second-order valence-electron chi connectivity index (χ2n) is 4.95. The molecule has 0 radical (unpaired) electrons. The van der Waals surface area contributed by atoms with Crippen LogP contribution in [0.3, 0.4) is 0 Å². The van der Waals surface area contributed by atoms with Gasteiger partial charge in [0.1, 0.15) is 10.6 Å². The molecule has 2 aromatic rings. The minimum atomic E-state index is -4.70. The fourth-order valence-electron chi connectivity index (χ4n) is 2.15. The maximum Gasteiger partial charge on any atom is 0.341 e. The van der Waals surface area contributed by atoms with Crippen molar-refractivity contribution >= 4 is 15.5 Å². The molecule has 1 atom stereocenters. The first kappa shape index (κ1) is 17.2. The molecule has 0 saturated heterocycles. The number of benzene rings is 2. The van der Waals surface area contributed by atoms with Gasteiger partial charge in [0.2, 0.25) is 9.84 Å². The highest BCUT2D eigenvalue weighted by Gasteiger charge is 2.30. The number of anilines is 1. The van der Waals surface area contributed by atoms with Crippen LogP contribution in [0, 0.1) is 0 Å². The van der Waals surface area contributed by atoms with Gasteiger partial charge in [-0.15, -0.1) is 0 Å². The van der Waals surface area contributed by atoms with Gasteiger partial charge in [-0.05, 0) is 36.8 Å². The Balaban J connectivity index is 2.32. The molecule has 4 nitrogen and oxygen atoms in total. The van der Waals surface area contributed by atoms with Crippen molar-refractivity contribution in [2.45, 2.75) is 23.6 Å². The number of alkyl halides is 2. The molecule has 0 saturated carbocycles. The molecule has 0 aliphatic rings. The Hall–Kier alpha value is -2.15. The molecule has 0 aliphatic heterocycles. The van der Waals surface area contributed by atoms with Gasteiger partial charge in [-0.2, -0.15) is 8.78 Å². The second-order valence-corrected chi connectivity index (χ2v) is 6.83. The second kappa shape index (κ2) is 6.95. The van der Waals surface area contributed by atoms with E-state index in [0.717, 1.165) is 17.3 Å². The summed E-state index contributed by atoms with van der Waals surface area (Å²) in [5.74, 6) is -3.58. The number of sulfone groups is 1. The molecule has 2 rings (SSSR count). The Morgan fingerprint density at radius 1 is 1.09 bits per heavy atom. The van der Waals surface area contributed by atoms with Crippen LogP contribution in [0.1, 0.15) is 18.5 Å². The summed E-state index contributed by atoms with van der Waals surface area (Å²) in [7, 11) is -3.45. The molecule has 0 amide bonds. The fraction of sp³-hybridized carbons (Fsp3) is 0.250. The van der Waals surface area contributed by atoms with Gasteiger partial charge in [0, 0.05) is 11.7 Å². The third-order valence-electron chi connectivity index (χ3n) is 3.39. The highest BCUT2D eigenvalue weighted by Crippen LogP contribution is 2.31. The van der Waals surface area contributed by atoms with Crippen molar-refractivity contribution in [3.05, 3.63) is 54.1 Å². The molecular formula is C16H17F2NO3S. The summed E-state index contributed by atoms with van der Waals surface area (Å²) in [5.41, 5.74) is 1.61. The molecule has 2 aromatic carbocycles. The summed E-state index contributed by atoms with van der Waals surface area (Å²) in [6, 6.07) is 13.4. The standard InChI is InChI=1S/C16H17F2NO3S/c1-11(19-13-6-4-3-5-7-13)12-8-9-15(14(10-12)22-2)23(20,21)16(17)18/h3-11,16,19H,1-2H3. The highest BCUT2D eigenvalue weighted by molar-refractivity contribution is 7.91. The van der Waals surface area contributed by atoms with E-state index in [1.807, 2.05) is 37.3 Å². The monoisotopic (exact) mass is 341 g/mol. The van der Waals surface area contributed by atoms with Crippen LogP contribution < -0.4 is 10.1 Å². The number of hydrogen-bond donors (Lipinski definition) is 1. The Bertz CT molecular complexity index is 764. The van der Waals surface area contributed by atoms with Crippen LogP contribution in [0.4, 0.5) is 14.5 Å².